The van der Waals surface area contributed by atoms with Gasteiger partial charge in [-0.1, -0.05) is 68.3 Å². The summed E-state index contributed by atoms with van der Waals surface area (Å²) >= 11 is 0. The number of carbonyl (C=O) groups excluding carboxylic acids is 3. The van der Waals surface area contributed by atoms with Crippen molar-refractivity contribution in [3.05, 3.63) is 77.0 Å². The minimum absolute atomic E-state index is 0.0451. The van der Waals surface area contributed by atoms with Crippen LogP contribution in [0.1, 0.15) is 41.8 Å². The van der Waals surface area contributed by atoms with Crippen LogP contribution in [0, 0.1) is 12.8 Å². The van der Waals surface area contributed by atoms with Crippen LogP contribution in [0.2, 0.25) is 0 Å². The SMILES string of the molecule is CC[C@H](C)[C@@H](NC(=O)/C(=C\c1ccccc1)NC(=O)c1ccc(C)cc1)C(=O)[O-]. The number of benzene rings is 2. The first-order valence-electron chi connectivity index (χ1n) is 9.48. The number of nitrogens with one attached hydrogen (secondary N) is 2. The number of hydrogen-bond donors (Lipinski definition) is 2. The Bertz CT molecular complexity index is 889. The maximum absolute atomic E-state index is 12.8. The maximum Gasteiger partial charge on any atom is 0.268 e. The molecule has 0 heterocycles. The molecule has 152 valence electrons. The van der Waals surface area contributed by atoms with Gasteiger partial charge in [0.2, 0.25) is 0 Å². The summed E-state index contributed by atoms with van der Waals surface area (Å²) in [5.74, 6) is -2.84. The van der Waals surface area contributed by atoms with Crippen LogP contribution >= 0.6 is 0 Å². The molecule has 0 unspecified atom stereocenters. The lowest BCUT2D eigenvalue weighted by molar-refractivity contribution is -0.309. The van der Waals surface area contributed by atoms with E-state index in [0.717, 1.165) is 5.56 Å². The van der Waals surface area contributed by atoms with E-state index in [1.54, 1.807) is 55.5 Å². The van der Waals surface area contributed by atoms with E-state index in [1.807, 2.05) is 19.9 Å². The number of aryl methyl sites for hydroxylation is 1. The molecule has 0 aliphatic heterocycles. The van der Waals surface area contributed by atoms with Gasteiger partial charge in [0.15, 0.2) is 0 Å². The highest BCUT2D eigenvalue weighted by atomic mass is 16.4. The second-order valence-corrected chi connectivity index (χ2v) is 6.94. The van der Waals surface area contributed by atoms with Gasteiger partial charge in [-0.3, -0.25) is 9.59 Å². The molecule has 0 aliphatic carbocycles. The minimum atomic E-state index is -1.36. The van der Waals surface area contributed by atoms with Crippen LogP contribution in [0.15, 0.2) is 60.3 Å². The van der Waals surface area contributed by atoms with Crippen molar-refractivity contribution in [1.29, 1.82) is 0 Å². The number of carboxylic acids is 1. The van der Waals surface area contributed by atoms with Gasteiger partial charge in [-0.25, -0.2) is 0 Å². The molecule has 2 atom stereocenters. The molecule has 2 aromatic rings. The molecule has 0 saturated heterocycles. The van der Waals surface area contributed by atoms with Crippen molar-refractivity contribution in [1.82, 2.24) is 10.6 Å². The molecule has 0 aromatic heterocycles. The van der Waals surface area contributed by atoms with E-state index in [9.17, 15) is 19.5 Å². The summed E-state index contributed by atoms with van der Waals surface area (Å²) in [7, 11) is 0. The van der Waals surface area contributed by atoms with Crippen molar-refractivity contribution in [3.8, 4) is 0 Å². The average Bonchev–Trinajstić information content (AvgIpc) is 2.71. The summed E-state index contributed by atoms with van der Waals surface area (Å²) in [5, 5.41) is 16.5. The predicted molar refractivity (Wildman–Crippen MR) is 109 cm³/mol. The van der Waals surface area contributed by atoms with E-state index in [2.05, 4.69) is 10.6 Å². The molecule has 6 nitrogen and oxygen atoms in total. The van der Waals surface area contributed by atoms with Crippen molar-refractivity contribution in [2.45, 2.75) is 33.2 Å². The Hall–Kier alpha value is -3.41. The summed E-state index contributed by atoms with van der Waals surface area (Å²) in [6.07, 6.45) is 2.05. The highest BCUT2D eigenvalue weighted by Crippen LogP contribution is 2.11. The Labute approximate surface area is 170 Å². The second kappa shape index (κ2) is 10.2. The first-order chi connectivity index (χ1) is 13.8. The molecule has 0 bridgehead atoms. The van der Waals surface area contributed by atoms with Crippen molar-refractivity contribution in [3.63, 3.8) is 0 Å². The lowest BCUT2D eigenvalue weighted by atomic mass is 9.99. The molecule has 0 radical (unpaired) electrons. The standard InChI is InChI=1S/C23H26N2O4/c1-4-16(3)20(23(28)29)25-22(27)19(14-17-8-6-5-7-9-17)24-21(26)18-12-10-15(2)11-13-18/h5-14,16,20H,4H2,1-3H3,(H,24,26)(H,25,27)(H,28,29)/p-1/b19-14+/t16-,20+/m0/s1. The van der Waals surface area contributed by atoms with Crippen LogP contribution < -0.4 is 15.7 Å². The first-order valence-corrected chi connectivity index (χ1v) is 9.48. The molecule has 2 rings (SSSR count). The molecule has 0 saturated carbocycles. The number of hydrogen-bond acceptors (Lipinski definition) is 4. The minimum Gasteiger partial charge on any atom is -0.548 e. The van der Waals surface area contributed by atoms with Gasteiger partial charge >= 0.3 is 0 Å². The zero-order valence-electron chi connectivity index (χ0n) is 16.8. The number of aliphatic carboxylic acids is 1. The van der Waals surface area contributed by atoms with Crippen molar-refractivity contribution in [2.75, 3.05) is 0 Å². The molecule has 0 fully saturated rings. The quantitative estimate of drug-likeness (QED) is 0.671. The van der Waals surface area contributed by atoms with Crippen LogP contribution in [0.4, 0.5) is 0 Å². The fourth-order valence-corrected chi connectivity index (χ4v) is 2.66. The largest absolute Gasteiger partial charge is 0.548 e. The van der Waals surface area contributed by atoms with Crippen LogP contribution in [0.3, 0.4) is 0 Å². The number of carboxylic acid groups (broad SMARTS) is 1. The van der Waals surface area contributed by atoms with Gasteiger partial charge < -0.3 is 20.5 Å². The molecule has 2 amide bonds. The first kappa shape index (κ1) is 21.9. The smallest absolute Gasteiger partial charge is 0.268 e. The Morgan fingerprint density at radius 3 is 2.21 bits per heavy atom. The van der Waals surface area contributed by atoms with E-state index in [-0.39, 0.29) is 11.6 Å². The van der Waals surface area contributed by atoms with Gasteiger partial charge in [-0.05, 0) is 36.6 Å². The van der Waals surface area contributed by atoms with Gasteiger partial charge in [0.05, 0.1) is 12.0 Å². The third-order valence-corrected chi connectivity index (χ3v) is 4.67. The molecular formula is C23H25N2O4-. The van der Waals surface area contributed by atoms with Crippen LogP contribution in [0.25, 0.3) is 6.08 Å². The normalized spacial score (nSPS) is 13.3. The third-order valence-electron chi connectivity index (χ3n) is 4.67. The fourth-order valence-electron chi connectivity index (χ4n) is 2.66. The van der Waals surface area contributed by atoms with E-state index < -0.39 is 23.8 Å². The van der Waals surface area contributed by atoms with E-state index in [4.69, 9.17) is 0 Å². The van der Waals surface area contributed by atoms with Crippen LogP contribution in [0.5, 0.6) is 0 Å². The zero-order valence-corrected chi connectivity index (χ0v) is 16.8. The van der Waals surface area contributed by atoms with Gasteiger partial charge in [-0.2, -0.15) is 0 Å². The van der Waals surface area contributed by atoms with Crippen LogP contribution in [-0.4, -0.2) is 23.8 Å². The van der Waals surface area contributed by atoms with E-state index in [1.165, 1.54) is 6.08 Å². The zero-order chi connectivity index (χ0) is 21.4. The van der Waals surface area contributed by atoms with Gasteiger partial charge in [-0.15, -0.1) is 0 Å². The number of carbonyl (C=O) groups is 3. The van der Waals surface area contributed by atoms with Gasteiger partial charge in [0, 0.05) is 5.56 Å². The number of rotatable bonds is 8. The Kier molecular flexibility index (Phi) is 7.71. The predicted octanol–water partition coefficient (Wildman–Crippen LogP) is 2.05. The molecule has 6 heteroatoms. The monoisotopic (exact) mass is 393 g/mol. The Morgan fingerprint density at radius 1 is 1.03 bits per heavy atom. The lowest BCUT2D eigenvalue weighted by Gasteiger charge is -2.25. The molecule has 2 N–H and O–H groups in total. The number of amides is 2. The summed E-state index contributed by atoms with van der Waals surface area (Å²) in [4.78, 5) is 36.9. The highest BCUT2D eigenvalue weighted by molar-refractivity contribution is 6.06. The van der Waals surface area contributed by atoms with Crippen molar-refractivity contribution >= 4 is 23.9 Å². The molecule has 0 spiro atoms. The van der Waals surface area contributed by atoms with Gasteiger partial charge in [0.25, 0.3) is 11.8 Å². The Morgan fingerprint density at radius 2 is 1.66 bits per heavy atom. The topological polar surface area (TPSA) is 98.3 Å². The highest BCUT2D eigenvalue weighted by Gasteiger charge is 2.22. The lowest BCUT2D eigenvalue weighted by Crippen LogP contribution is -2.52. The van der Waals surface area contributed by atoms with Crippen molar-refractivity contribution in [2.24, 2.45) is 5.92 Å². The second-order valence-electron chi connectivity index (χ2n) is 6.94. The molecule has 29 heavy (non-hydrogen) atoms. The van der Waals surface area contributed by atoms with Gasteiger partial charge in [0.1, 0.15) is 5.70 Å². The van der Waals surface area contributed by atoms with Crippen molar-refractivity contribution < 1.29 is 19.5 Å². The van der Waals surface area contributed by atoms with E-state index >= 15 is 0 Å². The summed E-state index contributed by atoms with van der Waals surface area (Å²) in [6.45, 7) is 5.45. The van der Waals surface area contributed by atoms with Crippen LogP contribution in [-0.2, 0) is 9.59 Å². The summed E-state index contributed by atoms with van der Waals surface area (Å²) in [6, 6.07) is 14.7. The maximum atomic E-state index is 12.8. The fraction of sp³-hybridized carbons (Fsp3) is 0.261. The molecular weight excluding hydrogens is 368 g/mol. The molecule has 2 aromatic carbocycles. The summed E-state index contributed by atoms with van der Waals surface area (Å²) < 4.78 is 0. The molecule has 0 aliphatic rings. The summed E-state index contributed by atoms with van der Waals surface area (Å²) in [5.41, 5.74) is 2.04. The third kappa shape index (κ3) is 6.31. The average molecular weight is 393 g/mol. The Balaban J connectivity index is 2.30. The van der Waals surface area contributed by atoms with E-state index in [0.29, 0.717) is 17.5 Å².